The summed E-state index contributed by atoms with van der Waals surface area (Å²) in [5.41, 5.74) is 0. The molecule has 0 aromatic carbocycles. The predicted octanol–water partition coefficient (Wildman–Crippen LogP) is 0.0510. The molecule has 0 saturated carbocycles. The van der Waals surface area contributed by atoms with Crippen LogP contribution in [0.25, 0.3) is 0 Å². The van der Waals surface area contributed by atoms with Gasteiger partial charge in [0, 0.05) is 45.1 Å². The molecule has 11 heteroatoms. The van der Waals surface area contributed by atoms with Gasteiger partial charge in [0.25, 0.3) is 0 Å². The molecule has 0 bridgehead atoms. The molecule has 4 spiro atoms. The lowest BCUT2D eigenvalue weighted by Gasteiger charge is -2.46. The highest BCUT2D eigenvalue weighted by molar-refractivity contribution is 6.28. The van der Waals surface area contributed by atoms with Gasteiger partial charge in [-0.25, -0.2) is 9.97 Å². The summed E-state index contributed by atoms with van der Waals surface area (Å²) in [5.74, 6) is 2.07. The Morgan fingerprint density at radius 3 is 1.20 bits per heavy atom. The summed E-state index contributed by atoms with van der Waals surface area (Å²) in [7, 11) is 0. The molecule has 0 amide bonds. The van der Waals surface area contributed by atoms with Crippen molar-refractivity contribution in [2.45, 2.75) is 12.8 Å². The fourth-order valence-corrected chi connectivity index (χ4v) is 9.43. The normalized spacial score (nSPS) is 29.5. The van der Waals surface area contributed by atoms with Gasteiger partial charge in [0.2, 0.25) is 5.28 Å². The SMILES string of the molecule is Clc1nc(N2CC[N+]3(CCC[N+]4(CCNCC4)CC3)CC2)cc(N2CC[N+]3(CCC[N+]4(CCNCC4)CC3)CC2)n1. The van der Waals surface area contributed by atoms with Gasteiger partial charge in [-0.2, -0.15) is 0 Å². The minimum absolute atomic E-state index is 0.404. The van der Waals surface area contributed by atoms with E-state index in [2.05, 4.69) is 26.5 Å². The third-order valence-corrected chi connectivity index (χ3v) is 12.5. The van der Waals surface area contributed by atoms with E-state index < -0.39 is 0 Å². The van der Waals surface area contributed by atoms with Crippen LogP contribution >= 0.6 is 11.6 Å². The van der Waals surface area contributed by atoms with Crippen molar-refractivity contribution >= 4 is 23.2 Å². The summed E-state index contributed by atoms with van der Waals surface area (Å²) in [6.45, 7) is 30.1. The molecular formula is C30H55ClN10+4. The van der Waals surface area contributed by atoms with Crippen LogP contribution in [0, 0.1) is 0 Å². The largest absolute Gasteiger partial charge is 0.345 e. The monoisotopic (exact) mass is 590 g/mol. The lowest BCUT2D eigenvalue weighted by molar-refractivity contribution is -0.964. The van der Waals surface area contributed by atoms with Crippen molar-refractivity contribution in [1.82, 2.24) is 20.6 Å². The van der Waals surface area contributed by atoms with Crippen LogP contribution < -0.4 is 20.4 Å². The molecule has 6 aliphatic rings. The first-order valence-corrected chi connectivity index (χ1v) is 17.2. The Bertz CT molecular complexity index is 961. The van der Waals surface area contributed by atoms with Crippen molar-refractivity contribution in [3.05, 3.63) is 11.3 Å². The third kappa shape index (κ3) is 6.08. The molecule has 2 N–H and O–H groups in total. The number of aromatic nitrogens is 2. The van der Waals surface area contributed by atoms with Crippen LogP contribution in [0.2, 0.25) is 5.28 Å². The van der Waals surface area contributed by atoms with E-state index in [9.17, 15) is 0 Å². The van der Waals surface area contributed by atoms with E-state index >= 15 is 0 Å². The molecule has 10 nitrogen and oxygen atoms in total. The number of halogens is 1. The smallest absolute Gasteiger partial charge is 0.226 e. The number of piperazine rings is 4. The molecule has 0 unspecified atom stereocenters. The maximum atomic E-state index is 6.58. The highest BCUT2D eigenvalue weighted by Gasteiger charge is 2.43. The number of hydrogen-bond donors (Lipinski definition) is 2. The van der Waals surface area contributed by atoms with Gasteiger partial charge >= 0.3 is 0 Å². The molecule has 0 atom stereocenters. The number of rotatable bonds is 2. The number of nitrogens with zero attached hydrogens (tertiary/aromatic N) is 8. The van der Waals surface area contributed by atoms with E-state index in [1.54, 1.807) is 0 Å². The van der Waals surface area contributed by atoms with Crippen molar-refractivity contribution in [3.8, 4) is 0 Å². The Morgan fingerprint density at radius 1 is 0.488 bits per heavy atom. The number of anilines is 2. The fourth-order valence-electron chi connectivity index (χ4n) is 9.26. The number of hydrogen-bond acceptors (Lipinski definition) is 6. The predicted molar refractivity (Wildman–Crippen MR) is 165 cm³/mol. The quantitative estimate of drug-likeness (QED) is 0.375. The lowest BCUT2D eigenvalue weighted by Crippen LogP contribution is -2.64. The summed E-state index contributed by atoms with van der Waals surface area (Å²) in [5, 5.41) is 7.56. The molecule has 41 heavy (non-hydrogen) atoms. The van der Waals surface area contributed by atoms with E-state index in [0.29, 0.717) is 5.28 Å². The van der Waals surface area contributed by atoms with Crippen molar-refractivity contribution in [1.29, 1.82) is 0 Å². The van der Waals surface area contributed by atoms with Gasteiger partial charge < -0.3 is 38.4 Å². The minimum Gasteiger partial charge on any atom is -0.345 e. The van der Waals surface area contributed by atoms with Crippen molar-refractivity contribution < 1.29 is 17.9 Å². The molecule has 1 aromatic heterocycles. The Hall–Kier alpha value is -1.27. The Kier molecular flexibility index (Phi) is 8.11. The second kappa shape index (κ2) is 11.7. The number of quaternary nitrogens is 4. The molecule has 1 aromatic rings. The van der Waals surface area contributed by atoms with E-state index in [-0.39, 0.29) is 0 Å². The zero-order chi connectivity index (χ0) is 27.8. The van der Waals surface area contributed by atoms with Crippen LogP contribution in [0.4, 0.5) is 11.6 Å². The zero-order valence-corrected chi connectivity index (χ0v) is 26.2. The van der Waals surface area contributed by atoms with Gasteiger partial charge in [0.05, 0.1) is 105 Å². The van der Waals surface area contributed by atoms with E-state index in [4.69, 9.17) is 21.6 Å². The molecular weight excluding hydrogens is 536 g/mol. The van der Waals surface area contributed by atoms with Gasteiger partial charge in [-0.1, -0.05) is 0 Å². The number of nitrogens with one attached hydrogen (secondary N) is 2. The Morgan fingerprint density at radius 2 is 0.829 bits per heavy atom. The standard InChI is InChI=1S/C30H55ClN10/c31-30-34-28(36-7-19-40(20-8-36)13-1-11-38(23-25-40)15-3-32-4-16-38)27-29(35-30)37-9-21-41(22-10-37)14-2-12-39(24-26-41)17-5-33-6-18-39/h27,32-33H,1-26H2/q+4. The first-order valence-electron chi connectivity index (χ1n) is 16.8. The highest BCUT2D eigenvalue weighted by Crippen LogP contribution is 2.29. The maximum Gasteiger partial charge on any atom is 0.226 e. The molecule has 7 rings (SSSR count). The molecule has 0 radical (unpaired) electrons. The molecule has 6 aliphatic heterocycles. The van der Waals surface area contributed by atoms with Gasteiger partial charge in [-0.3, -0.25) is 0 Å². The van der Waals surface area contributed by atoms with Gasteiger partial charge in [-0.05, 0) is 11.6 Å². The van der Waals surface area contributed by atoms with Crippen LogP contribution in [-0.4, -0.2) is 185 Å². The van der Waals surface area contributed by atoms with Crippen LogP contribution in [0.3, 0.4) is 0 Å². The molecule has 228 valence electrons. The second-order valence-corrected chi connectivity index (χ2v) is 14.8. The summed E-state index contributed by atoms with van der Waals surface area (Å²) < 4.78 is 5.32. The van der Waals surface area contributed by atoms with Gasteiger partial charge in [0.1, 0.15) is 37.8 Å². The van der Waals surface area contributed by atoms with Crippen LogP contribution in [0.1, 0.15) is 12.8 Å². The van der Waals surface area contributed by atoms with Gasteiger partial charge in [-0.15, -0.1) is 0 Å². The third-order valence-electron chi connectivity index (χ3n) is 12.4. The molecule has 7 heterocycles. The average Bonchev–Trinajstić information content (AvgIpc) is 3.27. The van der Waals surface area contributed by atoms with E-state index in [0.717, 1.165) is 37.8 Å². The summed E-state index contributed by atoms with van der Waals surface area (Å²) in [6, 6.07) is 2.24. The van der Waals surface area contributed by atoms with Crippen molar-refractivity contribution in [2.24, 2.45) is 0 Å². The van der Waals surface area contributed by atoms with E-state index in [1.807, 2.05) is 0 Å². The van der Waals surface area contributed by atoms with Crippen LogP contribution in [0.15, 0.2) is 6.07 Å². The topological polar surface area (TPSA) is 56.3 Å². The minimum atomic E-state index is 0.404. The maximum absolute atomic E-state index is 6.58. The Balaban J connectivity index is 0.960. The second-order valence-electron chi connectivity index (χ2n) is 14.5. The summed E-state index contributed by atoms with van der Waals surface area (Å²) >= 11 is 6.58. The molecule has 6 saturated heterocycles. The van der Waals surface area contributed by atoms with Crippen LogP contribution in [0.5, 0.6) is 0 Å². The Labute approximate surface area is 252 Å². The van der Waals surface area contributed by atoms with E-state index in [1.165, 1.54) is 162 Å². The highest BCUT2D eigenvalue weighted by atomic mass is 35.5. The molecule has 0 aliphatic carbocycles. The molecule has 6 fully saturated rings. The average molecular weight is 591 g/mol. The summed E-state index contributed by atoms with van der Waals surface area (Å²) in [4.78, 5) is 14.5. The summed E-state index contributed by atoms with van der Waals surface area (Å²) in [6.07, 6.45) is 2.74. The fraction of sp³-hybridized carbons (Fsp3) is 0.867. The lowest BCUT2D eigenvalue weighted by atomic mass is 10.2. The first-order chi connectivity index (χ1) is 20.0. The van der Waals surface area contributed by atoms with Crippen molar-refractivity contribution in [3.63, 3.8) is 0 Å². The zero-order valence-electron chi connectivity index (χ0n) is 25.4. The first kappa shape index (κ1) is 28.5. The van der Waals surface area contributed by atoms with Crippen molar-refractivity contribution in [2.75, 3.05) is 167 Å². The van der Waals surface area contributed by atoms with Crippen LogP contribution in [-0.2, 0) is 0 Å². The van der Waals surface area contributed by atoms with Gasteiger partial charge in [0.15, 0.2) is 0 Å².